The van der Waals surface area contributed by atoms with Gasteiger partial charge in [0.1, 0.15) is 0 Å². The van der Waals surface area contributed by atoms with Gasteiger partial charge in [0, 0.05) is 6.20 Å². The minimum atomic E-state index is -0.262. The zero-order chi connectivity index (χ0) is 17.6. The summed E-state index contributed by atoms with van der Waals surface area (Å²) in [5.74, 6) is 0.0541. The molecule has 0 bridgehead atoms. The number of ether oxygens (including phenoxy) is 1. The first-order valence-corrected chi connectivity index (χ1v) is 8.74. The fraction of sp³-hybridized carbons (Fsp3) is 0.444. The van der Waals surface area contributed by atoms with Crippen molar-refractivity contribution in [3.8, 4) is 0 Å². The van der Waals surface area contributed by atoms with E-state index >= 15 is 0 Å². The highest BCUT2D eigenvalue weighted by Gasteiger charge is 2.31. The molecule has 3 rings (SSSR count). The molecule has 0 radical (unpaired) electrons. The Labute approximate surface area is 147 Å². The molecule has 1 aromatic rings. The molecule has 2 N–H and O–H groups in total. The van der Waals surface area contributed by atoms with E-state index in [9.17, 15) is 9.59 Å². The van der Waals surface area contributed by atoms with Crippen molar-refractivity contribution in [2.75, 3.05) is 39.3 Å². The number of nitrogens with zero attached hydrogens (tertiary/aromatic N) is 2. The maximum atomic E-state index is 12.7. The van der Waals surface area contributed by atoms with E-state index in [1.807, 2.05) is 42.6 Å². The molecule has 0 unspecified atom stereocenters. The molecule has 2 aliphatic rings. The quantitative estimate of drug-likeness (QED) is 0.803. The van der Waals surface area contributed by atoms with Crippen LogP contribution in [0.3, 0.4) is 0 Å². The summed E-state index contributed by atoms with van der Waals surface area (Å²) >= 11 is 0. The van der Waals surface area contributed by atoms with Crippen LogP contribution in [0, 0.1) is 0 Å². The Hall–Kier alpha value is -2.54. The van der Waals surface area contributed by atoms with E-state index in [1.54, 1.807) is 16.8 Å². The molecule has 2 heterocycles. The average Bonchev–Trinajstić information content (AvgIpc) is 3.13. The van der Waals surface area contributed by atoms with Gasteiger partial charge in [-0.15, -0.1) is 0 Å². The number of carbonyl (C=O) groups is 2. The van der Waals surface area contributed by atoms with Gasteiger partial charge in [0.15, 0.2) is 6.54 Å². The van der Waals surface area contributed by atoms with Crippen molar-refractivity contribution in [2.24, 2.45) is 0 Å². The summed E-state index contributed by atoms with van der Waals surface area (Å²) < 4.78 is 5.03. The summed E-state index contributed by atoms with van der Waals surface area (Å²) in [7, 11) is 0. The van der Waals surface area contributed by atoms with Crippen LogP contribution in [0.15, 0.2) is 42.6 Å². The third-order valence-corrected chi connectivity index (χ3v) is 4.58. The average molecular weight is 345 g/mol. The molecule has 7 heteroatoms. The standard InChI is InChI=1S/C18H24N4O3/c1-2-25-18(24)21-12-10-20(11-13-21)14-17(23)22-16(8-9-19-22)15-6-4-3-5-7-15/h3-9,16,19H,2,10-14H2,1H3/p+1/t16-/m1/s1. The summed E-state index contributed by atoms with van der Waals surface area (Å²) in [5, 5.41) is 1.68. The number of amides is 2. The van der Waals surface area contributed by atoms with Gasteiger partial charge in [-0.2, -0.15) is 0 Å². The van der Waals surface area contributed by atoms with Gasteiger partial charge in [0.2, 0.25) is 0 Å². The van der Waals surface area contributed by atoms with Crippen molar-refractivity contribution in [2.45, 2.75) is 13.0 Å². The van der Waals surface area contributed by atoms with Crippen molar-refractivity contribution >= 4 is 12.0 Å². The van der Waals surface area contributed by atoms with Crippen LogP contribution in [0.25, 0.3) is 0 Å². The number of piperazine rings is 1. The van der Waals surface area contributed by atoms with Gasteiger partial charge in [-0.05, 0) is 18.6 Å². The van der Waals surface area contributed by atoms with E-state index < -0.39 is 0 Å². The van der Waals surface area contributed by atoms with Gasteiger partial charge in [0.05, 0.1) is 38.8 Å². The van der Waals surface area contributed by atoms with Crippen molar-refractivity contribution in [1.29, 1.82) is 0 Å². The largest absolute Gasteiger partial charge is 0.450 e. The van der Waals surface area contributed by atoms with Crippen LogP contribution < -0.4 is 10.3 Å². The Bertz CT molecular complexity index is 626. The van der Waals surface area contributed by atoms with E-state index in [4.69, 9.17) is 4.74 Å². The van der Waals surface area contributed by atoms with E-state index in [0.29, 0.717) is 26.2 Å². The number of hydrogen-bond donors (Lipinski definition) is 2. The second kappa shape index (κ2) is 8.02. The fourth-order valence-electron chi connectivity index (χ4n) is 3.21. The first kappa shape index (κ1) is 17.3. The predicted octanol–water partition coefficient (Wildman–Crippen LogP) is -0.0548. The molecule has 1 aromatic carbocycles. The zero-order valence-corrected chi connectivity index (χ0v) is 14.5. The molecule has 0 saturated carbocycles. The van der Waals surface area contributed by atoms with Crippen molar-refractivity contribution in [1.82, 2.24) is 15.3 Å². The molecule has 1 fully saturated rings. The van der Waals surface area contributed by atoms with Crippen molar-refractivity contribution in [3.05, 3.63) is 48.2 Å². The van der Waals surface area contributed by atoms with Crippen LogP contribution in [0.5, 0.6) is 0 Å². The lowest BCUT2D eigenvalue weighted by molar-refractivity contribution is -0.896. The Balaban J connectivity index is 1.52. The molecule has 2 amide bonds. The third-order valence-electron chi connectivity index (χ3n) is 4.58. The predicted molar refractivity (Wildman–Crippen MR) is 92.5 cm³/mol. The lowest BCUT2D eigenvalue weighted by Gasteiger charge is -2.32. The summed E-state index contributed by atoms with van der Waals surface area (Å²) in [6.07, 6.45) is 3.53. The highest BCUT2D eigenvalue weighted by molar-refractivity contribution is 5.78. The number of quaternary nitrogens is 1. The first-order valence-electron chi connectivity index (χ1n) is 8.74. The van der Waals surface area contributed by atoms with Crippen LogP contribution in [-0.2, 0) is 9.53 Å². The van der Waals surface area contributed by atoms with Gasteiger partial charge in [0.25, 0.3) is 5.91 Å². The van der Waals surface area contributed by atoms with Gasteiger partial charge >= 0.3 is 6.09 Å². The minimum absolute atomic E-state index is 0.0541. The second-order valence-electron chi connectivity index (χ2n) is 6.22. The number of benzene rings is 1. The molecule has 1 saturated heterocycles. The summed E-state index contributed by atoms with van der Waals surface area (Å²) in [5.41, 5.74) is 4.13. The number of carbonyl (C=O) groups excluding carboxylic acids is 2. The number of nitrogens with one attached hydrogen (secondary N) is 2. The SMILES string of the molecule is CCOC(=O)N1CC[NH+](CC(=O)N2NC=C[C@@H]2c2ccccc2)CC1. The molecule has 0 aliphatic carbocycles. The molecule has 0 spiro atoms. The van der Waals surface area contributed by atoms with E-state index in [-0.39, 0.29) is 18.0 Å². The Morgan fingerprint density at radius 1 is 1.24 bits per heavy atom. The third kappa shape index (κ3) is 4.11. The summed E-state index contributed by atoms with van der Waals surface area (Å²) in [4.78, 5) is 27.3. The molecule has 2 aliphatic heterocycles. The second-order valence-corrected chi connectivity index (χ2v) is 6.22. The molecular formula is C18H25N4O3+. The van der Waals surface area contributed by atoms with Gasteiger partial charge in [-0.1, -0.05) is 30.3 Å². The maximum Gasteiger partial charge on any atom is 0.410 e. The van der Waals surface area contributed by atoms with Crippen LogP contribution in [0.4, 0.5) is 4.79 Å². The van der Waals surface area contributed by atoms with E-state index in [1.165, 1.54) is 4.90 Å². The van der Waals surface area contributed by atoms with Crippen molar-refractivity contribution in [3.63, 3.8) is 0 Å². The highest BCUT2D eigenvalue weighted by Crippen LogP contribution is 2.23. The molecule has 1 atom stereocenters. The lowest BCUT2D eigenvalue weighted by Crippen LogP contribution is -3.15. The maximum absolute atomic E-state index is 12.7. The Morgan fingerprint density at radius 2 is 1.96 bits per heavy atom. The van der Waals surface area contributed by atoms with Crippen LogP contribution >= 0.6 is 0 Å². The Morgan fingerprint density at radius 3 is 2.64 bits per heavy atom. The summed E-state index contributed by atoms with van der Waals surface area (Å²) in [6.45, 7) is 5.35. The zero-order valence-electron chi connectivity index (χ0n) is 14.5. The number of hydrogen-bond acceptors (Lipinski definition) is 4. The Kier molecular flexibility index (Phi) is 5.55. The van der Waals surface area contributed by atoms with Crippen LogP contribution in [0.1, 0.15) is 18.5 Å². The van der Waals surface area contributed by atoms with Gasteiger partial charge in [-0.25, -0.2) is 9.80 Å². The van der Waals surface area contributed by atoms with Crippen LogP contribution in [-0.4, -0.2) is 61.2 Å². The van der Waals surface area contributed by atoms with Crippen molar-refractivity contribution < 1.29 is 19.2 Å². The first-order chi connectivity index (χ1) is 12.2. The molecular weight excluding hydrogens is 320 g/mol. The van der Waals surface area contributed by atoms with Gasteiger partial charge in [-0.3, -0.25) is 9.69 Å². The highest BCUT2D eigenvalue weighted by atomic mass is 16.6. The lowest BCUT2D eigenvalue weighted by atomic mass is 10.1. The topological polar surface area (TPSA) is 66.3 Å². The normalized spacial score (nSPS) is 20.4. The van der Waals surface area contributed by atoms with Gasteiger partial charge < -0.3 is 15.1 Å². The van der Waals surface area contributed by atoms with Crippen LogP contribution in [0.2, 0.25) is 0 Å². The number of hydrazine groups is 1. The molecule has 134 valence electrons. The minimum Gasteiger partial charge on any atom is -0.450 e. The molecule has 25 heavy (non-hydrogen) atoms. The van der Waals surface area contributed by atoms with E-state index in [0.717, 1.165) is 18.7 Å². The summed E-state index contributed by atoms with van der Waals surface area (Å²) in [6, 6.07) is 9.89. The fourth-order valence-corrected chi connectivity index (χ4v) is 3.21. The smallest absolute Gasteiger partial charge is 0.410 e. The monoisotopic (exact) mass is 345 g/mol. The molecule has 0 aromatic heterocycles. The van der Waals surface area contributed by atoms with E-state index in [2.05, 4.69) is 5.43 Å². The number of rotatable bonds is 4. The molecule has 7 nitrogen and oxygen atoms in total.